The van der Waals surface area contributed by atoms with Gasteiger partial charge >= 0.3 is 0 Å². The third-order valence-corrected chi connectivity index (χ3v) is 12.5. The fraction of sp³-hybridized carbons (Fsp3) is 0.406. The minimum absolute atomic E-state index is 0.0288. The second-order valence-electron chi connectivity index (χ2n) is 11.3. The number of hydrogen-bond donors (Lipinski definition) is 1. The highest BCUT2D eigenvalue weighted by atomic mass is 35.5. The minimum Gasteiger partial charge on any atom is -0.389 e. The second kappa shape index (κ2) is 13.3. The fourth-order valence-corrected chi connectivity index (χ4v) is 9.55. The van der Waals surface area contributed by atoms with E-state index in [0.29, 0.717) is 54.6 Å². The second-order valence-corrected chi connectivity index (χ2v) is 15.6. The van der Waals surface area contributed by atoms with Crippen molar-refractivity contribution in [3.8, 4) is 0 Å². The van der Waals surface area contributed by atoms with Crippen LogP contribution in [0.15, 0.2) is 83.8 Å². The topological polar surface area (TPSA) is 77.9 Å². The van der Waals surface area contributed by atoms with Crippen LogP contribution >= 0.6 is 35.0 Å². The molecule has 3 aromatic carbocycles. The van der Waals surface area contributed by atoms with Crippen LogP contribution in [0.2, 0.25) is 10.0 Å². The molecule has 10 heteroatoms. The van der Waals surface area contributed by atoms with Gasteiger partial charge in [-0.3, -0.25) is 4.79 Å². The number of nitrogens with zero attached hydrogens (tertiary/aromatic N) is 2. The van der Waals surface area contributed by atoms with E-state index in [4.69, 9.17) is 23.2 Å². The van der Waals surface area contributed by atoms with Gasteiger partial charge in [0.25, 0.3) is 5.91 Å². The Bertz CT molecular complexity index is 1480. The van der Waals surface area contributed by atoms with Gasteiger partial charge in [0.2, 0.25) is 0 Å². The number of benzene rings is 3. The number of halogens is 2. The minimum atomic E-state index is -3.57. The zero-order valence-corrected chi connectivity index (χ0v) is 26.6. The summed E-state index contributed by atoms with van der Waals surface area (Å²) in [6, 6.07) is 23.5. The number of thioether (sulfide) groups is 1. The Hall–Kier alpha value is -2.07. The first-order valence-electron chi connectivity index (χ1n) is 14.3. The molecule has 0 radical (unpaired) electrons. The molecule has 2 fully saturated rings. The van der Waals surface area contributed by atoms with Crippen molar-refractivity contribution >= 4 is 50.7 Å². The quantitative estimate of drug-likeness (QED) is 0.300. The molecular formula is C32H36Cl2N2O4S2. The number of likely N-dealkylation sites (tertiary alicyclic amines) is 2. The highest BCUT2D eigenvalue weighted by Crippen LogP contribution is 2.45. The summed E-state index contributed by atoms with van der Waals surface area (Å²) in [5.74, 6) is 0.577. The summed E-state index contributed by atoms with van der Waals surface area (Å²) in [7, 11) is -3.57. The first-order valence-corrected chi connectivity index (χ1v) is 17.7. The van der Waals surface area contributed by atoms with E-state index in [1.165, 1.54) is 0 Å². The predicted octanol–water partition coefficient (Wildman–Crippen LogP) is 6.16. The number of carbonyl (C=O) groups is 1. The van der Waals surface area contributed by atoms with Crippen LogP contribution in [0.4, 0.5) is 0 Å². The average Bonchev–Trinajstić information content (AvgIpc) is 3.00. The van der Waals surface area contributed by atoms with E-state index in [1.807, 2.05) is 65.2 Å². The lowest BCUT2D eigenvalue weighted by molar-refractivity contribution is -0.000834. The molecule has 1 atom stereocenters. The van der Waals surface area contributed by atoms with Crippen molar-refractivity contribution in [1.82, 2.24) is 9.80 Å². The molecule has 1 unspecified atom stereocenters. The molecule has 5 rings (SSSR count). The zero-order chi connectivity index (χ0) is 29.8. The van der Waals surface area contributed by atoms with Crippen LogP contribution in [0.3, 0.4) is 0 Å². The summed E-state index contributed by atoms with van der Waals surface area (Å²) in [4.78, 5) is 17.9. The van der Waals surface area contributed by atoms with Gasteiger partial charge in [0.05, 0.1) is 31.0 Å². The normalized spacial score (nSPS) is 21.3. The summed E-state index contributed by atoms with van der Waals surface area (Å²) in [6.45, 7) is 3.32. The summed E-state index contributed by atoms with van der Waals surface area (Å²) in [5.41, 5.74) is 0.510. The first kappa shape index (κ1) is 31.4. The summed E-state index contributed by atoms with van der Waals surface area (Å²) >= 11 is 14.6. The molecule has 42 heavy (non-hydrogen) atoms. The van der Waals surface area contributed by atoms with Gasteiger partial charge in [0, 0.05) is 44.0 Å². The number of carbonyl (C=O) groups excluding carboxylic acids is 1. The monoisotopic (exact) mass is 646 g/mol. The molecule has 3 aromatic rings. The van der Waals surface area contributed by atoms with Crippen molar-refractivity contribution in [1.29, 1.82) is 0 Å². The Kier molecular flexibility index (Phi) is 9.92. The lowest BCUT2D eigenvalue weighted by Crippen LogP contribution is -2.49. The molecule has 2 saturated heterocycles. The van der Waals surface area contributed by atoms with E-state index in [9.17, 15) is 18.3 Å². The van der Waals surface area contributed by atoms with Crippen LogP contribution in [0, 0.1) is 0 Å². The number of aliphatic hydroxyl groups is 1. The predicted molar refractivity (Wildman–Crippen MR) is 171 cm³/mol. The van der Waals surface area contributed by atoms with E-state index < -0.39 is 15.4 Å². The lowest BCUT2D eigenvalue weighted by atomic mass is 9.89. The smallest absolute Gasteiger partial charge is 0.253 e. The van der Waals surface area contributed by atoms with Gasteiger partial charge in [-0.15, -0.1) is 11.8 Å². The zero-order valence-electron chi connectivity index (χ0n) is 23.4. The highest BCUT2D eigenvalue weighted by molar-refractivity contribution is 8.00. The largest absolute Gasteiger partial charge is 0.389 e. The maximum absolute atomic E-state index is 13.4. The van der Waals surface area contributed by atoms with Gasteiger partial charge in [0.1, 0.15) is 0 Å². The fourth-order valence-electron chi connectivity index (χ4n) is 5.95. The van der Waals surface area contributed by atoms with E-state index in [2.05, 4.69) is 4.90 Å². The third-order valence-electron chi connectivity index (χ3n) is 8.34. The van der Waals surface area contributed by atoms with E-state index in [1.54, 1.807) is 30.3 Å². The van der Waals surface area contributed by atoms with Crippen molar-refractivity contribution in [3.05, 3.63) is 100 Å². The molecule has 2 aliphatic rings. The number of piperidine rings is 2. The third kappa shape index (κ3) is 7.34. The Labute approximate surface area is 262 Å². The Morgan fingerprint density at radius 1 is 0.881 bits per heavy atom. The first-order chi connectivity index (χ1) is 20.1. The van der Waals surface area contributed by atoms with Gasteiger partial charge in [-0.2, -0.15) is 0 Å². The molecule has 1 N–H and O–H groups in total. The van der Waals surface area contributed by atoms with Gasteiger partial charge in [-0.05, 0) is 67.6 Å². The van der Waals surface area contributed by atoms with Crippen molar-refractivity contribution < 1.29 is 18.3 Å². The standard InChI is InChI=1S/C32H36Cl2N2O4S2/c33-28-13-12-26(22-29(28)34)32(14-7-17-36(23-32)30(37)25-8-3-1-4-9-25)41-21-20-35-18-15-31(38,16-19-35)24-42(39,40)27-10-5-2-6-11-27/h1-6,8-13,22,38H,7,14-21,23-24H2. The van der Waals surface area contributed by atoms with Crippen LogP contribution in [-0.2, 0) is 14.6 Å². The molecule has 0 spiro atoms. The molecule has 224 valence electrons. The van der Waals surface area contributed by atoms with Gasteiger partial charge in [-0.1, -0.05) is 65.7 Å². The Morgan fingerprint density at radius 2 is 1.55 bits per heavy atom. The van der Waals surface area contributed by atoms with Crippen molar-refractivity contribution in [2.75, 3.05) is 44.2 Å². The molecule has 1 amide bonds. The number of amides is 1. The maximum atomic E-state index is 13.4. The van der Waals surface area contributed by atoms with Gasteiger partial charge in [0.15, 0.2) is 9.84 Å². The van der Waals surface area contributed by atoms with Crippen LogP contribution in [0.1, 0.15) is 41.6 Å². The van der Waals surface area contributed by atoms with Crippen molar-refractivity contribution in [3.63, 3.8) is 0 Å². The molecular weight excluding hydrogens is 611 g/mol. The Morgan fingerprint density at radius 3 is 2.21 bits per heavy atom. The number of rotatable bonds is 9. The molecule has 6 nitrogen and oxygen atoms in total. The molecule has 0 bridgehead atoms. The molecule has 0 saturated carbocycles. The van der Waals surface area contributed by atoms with E-state index in [0.717, 1.165) is 30.7 Å². The van der Waals surface area contributed by atoms with Crippen LogP contribution in [0.25, 0.3) is 0 Å². The molecule has 2 aliphatic heterocycles. The average molecular weight is 648 g/mol. The van der Waals surface area contributed by atoms with E-state index in [-0.39, 0.29) is 21.3 Å². The Balaban J connectivity index is 1.24. The van der Waals surface area contributed by atoms with Gasteiger partial charge < -0.3 is 14.9 Å². The highest BCUT2D eigenvalue weighted by Gasteiger charge is 2.41. The lowest BCUT2D eigenvalue weighted by Gasteiger charge is -2.44. The SMILES string of the molecule is O=C(c1ccccc1)N1CCCC(SCCN2CCC(O)(CS(=O)(=O)c3ccccc3)CC2)(c2ccc(Cl)c(Cl)c2)C1. The molecule has 0 aromatic heterocycles. The van der Waals surface area contributed by atoms with Crippen LogP contribution < -0.4 is 0 Å². The van der Waals surface area contributed by atoms with Crippen molar-refractivity contribution in [2.45, 2.75) is 40.9 Å². The number of sulfone groups is 1. The number of hydrogen-bond acceptors (Lipinski definition) is 6. The summed E-state index contributed by atoms with van der Waals surface area (Å²) < 4.78 is 25.4. The van der Waals surface area contributed by atoms with Crippen LogP contribution in [-0.4, -0.2) is 79.1 Å². The van der Waals surface area contributed by atoms with Gasteiger partial charge in [-0.25, -0.2) is 8.42 Å². The van der Waals surface area contributed by atoms with Crippen LogP contribution in [0.5, 0.6) is 0 Å². The molecule has 2 heterocycles. The van der Waals surface area contributed by atoms with Crippen molar-refractivity contribution in [2.24, 2.45) is 0 Å². The molecule has 0 aliphatic carbocycles. The van der Waals surface area contributed by atoms with E-state index >= 15 is 0 Å². The summed E-state index contributed by atoms with van der Waals surface area (Å²) in [6.07, 6.45) is 2.59. The maximum Gasteiger partial charge on any atom is 0.253 e. The summed E-state index contributed by atoms with van der Waals surface area (Å²) in [5, 5.41) is 12.2.